The van der Waals surface area contributed by atoms with Crippen molar-refractivity contribution in [3.63, 3.8) is 0 Å². The highest BCUT2D eigenvalue weighted by atomic mass is 16.3. The topological polar surface area (TPSA) is 13.1 Å². The molecule has 0 N–H and O–H groups in total. The van der Waals surface area contributed by atoms with Gasteiger partial charge in [0.1, 0.15) is 11.2 Å². The molecule has 10 rings (SSSR count). The van der Waals surface area contributed by atoms with Crippen LogP contribution in [0.1, 0.15) is 37.0 Å². The third kappa shape index (κ3) is 3.97. The van der Waals surface area contributed by atoms with Gasteiger partial charge in [-0.3, -0.25) is 0 Å². The van der Waals surface area contributed by atoms with E-state index < -0.39 is 262 Å². The number of fused-ring (bicyclic) bond motifs is 7. The zero-order valence-corrected chi connectivity index (χ0v) is 23.5. The molecular weight excluding hydrogens is 569 g/mol. The van der Waals surface area contributed by atoms with Gasteiger partial charge in [-0.25, -0.2) is 0 Å². The summed E-state index contributed by atoms with van der Waals surface area (Å²) in [5, 5.41) is -5.81. The Bertz CT molecular complexity index is 4290. The van der Waals surface area contributed by atoms with E-state index in [2.05, 4.69) is 0 Å². The van der Waals surface area contributed by atoms with Crippen LogP contribution in [-0.2, 0) is 0 Å². The first-order valence-electron chi connectivity index (χ1n) is 27.5. The molecule has 0 aliphatic carbocycles. The molecule has 0 saturated heterocycles. The smallest absolute Gasteiger partial charge is 0.136 e. The Morgan fingerprint density at radius 1 is 0.340 bits per heavy atom. The Hall–Kier alpha value is -6.18. The third-order valence-electron chi connectivity index (χ3n) is 7.84. The van der Waals surface area contributed by atoms with E-state index in [-0.39, 0.29) is 0 Å². The third-order valence-corrected chi connectivity index (χ3v) is 7.84. The van der Waals surface area contributed by atoms with Crippen LogP contribution in [0.25, 0.3) is 98.4 Å². The predicted octanol–water partition coefficient (Wildman–Crippen LogP) is 13.2. The molecule has 0 bridgehead atoms. The van der Waals surface area contributed by atoms with Crippen molar-refractivity contribution in [2.45, 2.75) is 0 Å². The monoisotopic (exact) mass is 623 g/mol. The van der Waals surface area contributed by atoms with E-state index in [0.29, 0.717) is 0 Å². The van der Waals surface area contributed by atoms with Crippen molar-refractivity contribution in [1.82, 2.24) is 0 Å². The quantitative estimate of drug-likeness (QED) is 0.178. The Labute approximate surface area is 309 Å². The van der Waals surface area contributed by atoms with E-state index >= 15 is 0 Å². The van der Waals surface area contributed by atoms with Crippen molar-refractivity contribution in [2.75, 3.05) is 0 Å². The molecule has 0 unspecified atom stereocenters. The van der Waals surface area contributed by atoms with Crippen molar-refractivity contribution in [3.8, 4) is 33.4 Å². The van der Waals surface area contributed by atoms with Gasteiger partial charge >= 0.3 is 0 Å². The van der Waals surface area contributed by atoms with Crippen molar-refractivity contribution >= 4 is 65.0 Å². The molecule has 9 aromatic carbocycles. The fraction of sp³-hybridized carbons (Fsp3) is 0. The second kappa shape index (κ2) is 10.2. The number of furan rings is 1. The van der Waals surface area contributed by atoms with Gasteiger partial charge in [-0.15, -0.1) is 0 Å². The molecule has 10 aromatic rings. The van der Waals surface area contributed by atoms with Crippen LogP contribution in [0.15, 0.2) is 174 Å². The van der Waals surface area contributed by atoms with Crippen LogP contribution in [-0.4, -0.2) is 0 Å². The largest absolute Gasteiger partial charge is 0.456 e. The number of hydrogen-bond acceptors (Lipinski definition) is 1. The highest BCUT2D eigenvalue weighted by Gasteiger charge is 2.19. The maximum atomic E-state index is 9.77. The predicted molar refractivity (Wildman–Crippen MR) is 200 cm³/mol. The standard InChI is InChI=1S/C46H28O/c1-3-15-33-29(11-1)13-9-21-35(33)31-24-26-43-42(27-31)36-25-23-32(28-44(36)47-43)45-38-17-5-7-19-40(38)46(41-20-8-6-18-39(41)45)37-22-10-14-30-12-2-4-16-34(30)37/h1-28H/i1D,2D,3D,4D,5D,6D,7D,8D,9D,10D,11D,12D,13D,14D,15D,16D,17D,18D,19D,20D,21D,22D,23D,25D,26D,27D,28D. The molecule has 0 saturated carbocycles. The van der Waals surface area contributed by atoms with Crippen molar-refractivity contribution in [2.24, 2.45) is 0 Å². The van der Waals surface area contributed by atoms with Crippen molar-refractivity contribution < 1.29 is 41.4 Å². The van der Waals surface area contributed by atoms with Crippen LogP contribution < -0.4 is 0 Å². The SMILES string of the molecule is [2H]c1c([2H])c([2H])c2c(-c3cc([2H])c4oc5c([2H])c(-c6c7c([2H])c([2H])c([2H])c([2H])c7c(-c7c([2H])c([2H])c([2H])c8c([2H])c([2H])c([2H])c([2H])c78)c7c([2H])c([2H])c([2H])c([2H])c67)c([2H])c([2H])c5c4c3[2H])c([2H])c([2H])c([2H])c2c1[2H]. The molecule has 218 valence electrons. The van der Waals surface area contributed by atoms with Crippen LogP contribution in [0.5, 0.6) is 0 Å². The average molecular weight is 624 g/mol. The lowest BCUT2D eigenvalue weighted by molar-refractivity contribution is 0.669. The van der Waals surface area contributed by atoms with E-state index in [1.807, 2.05) is 0 Å². The van der Waals surface area contributed by atoms with Gasteiger partial charge < -0.3 is 4.42 Å². The van der Waals surface area contributed by atoms with E-state index in [0.717, 1.165) is 6.07 Å². The lowest BCUT2D eigenvalue weighted by atomic mass is 9.84. The Morgan fingerprint density at radius 2 is 0.872 bits per heavy atom. The van der Waals surface area contributed by atoms with Gasteiger partial charge in [0.05, 0.1) is 37.0 Å². The second-order valence-electron chi connectivity index (χ2n) is 10.3. The van der Waals surface area contributed by atoms with Gasteiger partial charge in [0.25, 0.3) is 0 Å². The van der Waals surface area contributed by atoms with Gasteiger partial charge in [0.15, 0.2) is 0 Å². The Morgan fingerprint density at radius 3 is 1.53 bits per heavy atom. The van der Waals surface area contributed by atoms with Crippen molar-refractivity contribution in [1.29, 1.82) is 0 Å². The molecule has 1 heterocycles. The minimum Gasteiger partial charge on any atom is -0.456 e. The second-order valence-corrected chi connectivity index (χ2v) is 10.3. The first-order chi connectivity index (χ1) is 34.6. The summed E-state index contributed by atoms with van der Waals surface area (Å²) >= 11 is 0. The fourth-order valence-corrected chi connectivity index (χ4v) is 5.84. The highest BCUT2D eigenvalue weighted by Crippen LogP contribution is 2.46. The van der Waals surface area contributed by atoms with Gasteiger partial charge in [0, 0.05) is 10.8 Å². The molecule has 0 aliphatic heterocycles. The molecule has 1 nitrogen and oxygen atoms in total. The Balaban J connectivity index is 1.44. The molecule has 0 fully saturated rings. The van der Waals surface area contributed by atoms with Gasteiger partial charge in [-0.2, -0.15) is 0 Å². The lowest BCUT2D eigenvalue weighted by Gasteiger charge is -2.18. The van der Waals surface area contributed by atoms with E-state index in [9.17, 15) is 12.3 Å². The summed E-state index contributed by atoms with van der Waals surface area (Å²) in [5.41, 5.74) is -4.79. The lowest BCUT2D eigenvalue weighted by Crippen LogP contribution is -1.91. The number of benzene rings is 9. The van der Waals surface area contributed by atoms with Crippen LogP contribution in [0.3, 0.4) is 0 Å². The van der Waals surface area contributed by atoms with Crippen LogP contribution in [0, 0.1) is 0 Å². The summed E-state index contributed by atoms with van der Waals surface area (Å²) in [7, 11) is 0. The molecule has 0 atom stereocenters. The molecule has 0 amide bonds. The zero-order valence-electron chi connectivity index (χ0n) is 50.5. The van der Waals surface area contributed by atoms with Gasteiger partial charge in [0.2, 0.25) is 0 Å². The van der Waals surface area contributed by atoms with Gasteiger partial charge in [-0.1, -0.05) is 145 Å². The number of rotatable bonds is 3. The van der Waals surface area contributed by atoms with Crippen LogP contribution in [0.4, 0.5) is 0 Å². The van der Waals surface area contributed by atoms with Crippen molar-refractivity contribution in [3.05, 3.63) is 169 Å². The molecule has 0 aliphatic rings. The molecule has 1 heteroatoms. The first kappa shape index (κ1) is 11.0. The van der Waals surface area contributed by atoms with E-state index in [1.54, 1.807) is 0 Å². The number of hydrogen-bond donors (Lipinski definition) is 0. The van der Waals surface area contributed by atoms with Crippen LogP contribution >= 0.6 is 0 Å². The maximum Gasteiger partial charge on any atom is 0.136 e. The highest BCUT2D eigenvalue weighted by molar-refractivity contribution is 6.24. The van der Waals surface area contributed by atoms with E-state index in [1.165, 1.54) is 0 Å². The summed E-state index contributed by atoms with van der Waals surface area (Å²) in [4.78, 5) is 0. The summed E-state index contributed by atoms with van der Waals surface area (Å²) in [6.45, 7) is 0. The molecule has 0 spiro atoms. The zero-order chi connectivity index (χ0) is 54.4. The van der Waals surface area contributed by atoms with E-state index in [4.69, 9.17) is 29.1 Å². The summed E-state index contributed by atoms with van der Waals surface area (Å²) in [6, 6.07) is -22.1. The summed E-state index contributed by atoms with van der Waals surface area (Å²) in [5.74, 6) is 0. The molecule has 1 aromatic heterocycles. The Kier molecular flexibility index (Phi) is 2.37. The normalized spacial score (nSPS) is 19.9. The average Bonchev–Trinajstić information content (AvgIpc) is 3.81. The first-order valence-corrected chi connectivity index (χ1v) is 14.0. The maximum absolute atomic E-state index is 9.77. The summed E-state index contributed by atoms with van der Waals surface area (Å²) < 4.78 is 248. The van der Waals surface area contributed by atoms with Crippen LogP contribution in [0.2, 0.25) is 0 Å². The molecule has 47 heavy (non-hydrogen) atoms. The fourth-order valence-electron chi connectivity index (χ4n) is 5.84. The summed E-state index contributed by atoms with van der Waals surface area (Å²) in [6.07, 6.45) is 0. The van der Waals surface area contributed by atoms with Gasteiger partial charge in [-0.05, 0) is 101 Å². The minimum absolute atomic E-state index is 0.403. The minimum atomic E-state index is -0.975. The molecular formula is C46H28O. The molecule has 0 radical (unpaired) electrons.